The van der Waals surface area contributed by atoms with E-state index in [1.807, 2.05) is 29.2 Å². The molecular formula is C21H32N4O2. The van der Waals surface area contributed by atoms with Crippen molar-refractivity contribution >= 4 is 17.7 Å². The second-order valence-corrected chi connectivity index (χ2v) is 7.69. The van der Waals surface area contributed by atoms with E-state index in [1.54, 1.807) is 0 Å². The molecule has 0 unspecified atom stereocenters. The van der Waals surface area contributed by atoms with E-state index in [0.717, 1.165) is 37.8 Å². The average molecular weight is 373 g/mol. The fourth-order valence-electron chi connectivity index (χ4n) is 3.91. The Labute approximate surface area is 162 Å². The van der Waals surface area contributed by atoms with Crippen LogP contribution in [0.25, 0.3) is 0 Å². The van der Waals surface area contributed by atoms with Crippen LogP contribution in [-0.2, 0) is 6.42 Å². The van der Waals surface area contributed by atoms with Crippen LogP contribution < -0.4 is 16.0 Å². The highest BCUT2D eigenvalue weighted by molar-refractivity contribution is 5.89. The minimum atomic E-state index is -0.0654. The lowest BCUT2D eigenvalue weighted by molar-refractivity contribution is 0.186. The normalized spacial score (nSPS) is 18.8. The second kappa shape index (κ2) is 9.62. The lowest BCUT2D eigenvalue weighted by Gasteiger charge is -2.33. The van der Waals surface area contributed by atoms with Gasteiger partial charge in [0.1, 0.15) is 0 Å². The van der Waals surface area contributed by atoms with Crippen LogP contribution >= 0.6 is 0 Å². The van der Waals surface area contributed by atoms with Gasteiger partial charge in [-0.25, -0.2) is 9.59 Å². The number of amides is 4. The number of carbonyl (C=O) groups excluding carboxylic acids is 2. The zero-order chi connectivity index (χ0) is 19.1. The molecule has 2 fully saturated rings. The molecule has 1 saturated carbocycles. The predicted octanol–water partition coefficient (Wildman–Crippen LogP) is 3.88. The van der Waals surface area contributed by atoms with Crippen LogP contribution in [-0.4, -0.2) is 42.1 Å². The Hall–Kier alpha value is -2.24. The van der Waals surface area contributed by atoms with Crippen LogP contribution in [0.2, 0.25) is 0 Å². The summed E-state index contributed by atoms with van der Waals surface area (Å²) in [5.41, 5.74) is 2.08. The van der Waals surface area contributed by atoms with Crippen molar-refractivity contribution < 1.29 is 9.59 Å². The molecule has 27 heavy (non-hydrogen) atoms. The molecule has 0 radical (unpaired) electrons. The maximum atomic E-state index is 12.4. The summed E-state index contributed by atoms with van der Waals surface area (Å²) in [6.45, 7) is 3.43. The third-order valence-corrected chi connectivity index (χ3v) is 5.67. The molecule has 6 nitrogen and oxygen atoms in total. The molecule has 1 aliphatic carbocycles. The first-order chi connectivity index (χ1) is 13.1. The average Bonchev–Trinajstić information content (AvgIpc) is 2.70. The number of urea groups is 2. The van der Waals surface area contributed by atoms with Gasteiger partial charge in [-0.2, -0.15) is 0 Å². The lowest BCUT2D eigenvalue weighted by Crippen LogP contribution is -2.51. The van der Waals surface area contributed by atoms with E-state index < -0.39 is 0 Å². The molecule has 1 saturated heterocycles. The van der Waals surface area contributed by atoms with Crippen LogP contribution in [0, 0.1) is 0 Å². The van der Waals surface area contributed by atoms with Crippen molar-refractivity contribution in [1.82, 2.24) is 15.5 Å². The number of nitrogens with one attached hydrogen (secondary N) is 3. The SMILES string of the molecule is CCc1ccc(NC(=O)N2CCC(NC(=O)NC3CCCCC3)CC2)cc1. The minimum absolute atomic E-state index is 0.0548. The van der Waals surface area contributed by atoms with E-state index in [-0.39, 0.29) is 18.1 Å². The molecule has 0 atom stereocenters. The van der Waals surface area contributed by atoms with Crippen LogP contribution in [0.3, 0.4) is 0 Å². The van der Waals surface area contributed by atoms with Crippen molar-refractivity contribution in [3.05, 3.63) is 29.8 Å². The van der Waals surface area contributed by atoms with Gasteiger partial charge in [0, 0.05) is 30.9 Å². The van der Waals surface area contributed by atoms with Crippen LogP contribution in [0.1, 0.15) is 57.4 Å². The van der Waals surface area contributed by atoms with E-state index in [2.05, 4.69) is 22.9 Å². The highest BCUT2D eigenvalue weighted by atomic mass is 16.2. The summed E-state index contributed by atoms with van der Waals surface area (Å²) in [6.07, 6.45) is 8.45. The van der Waals surface area contributed by atoms with E-state index >= 15 is 0 Å². The molecule has 1 aromatic rings. The molecule has 3 rings (SSSR count). The molecular weight excluding hydrogens is 340 g/mol. The molecule has 2 aliphatic rings. The van der Waals surface area contributed by atoms with Gasteiger partial charge in [-0.3, -0.25) is 0 Å². The number of benzene rings is 1. The first-order valence-electron chi connectivity index (χ1n) is 10.4. The Bertz CT molecular complexity index is 618. The van der Waals surface area contributed by atoms with Gasteiger partial charge in [0.15, 0.2) is 0 Å². The monoisotopic (exact) mass is 372 g/mol. The highest BCUT2D eigenvalue weighted by Crippen LogP contribution is 2.18. The third-order valence-electron chi connectivity index (χ3n) is 5.67. The summed E-state index contributed by atoms with van der Waals surface area (Å²) in [5.74, 6) is 0. The van der Waals surface area contributed by atoms with Gasteiger partial charge in [-0.15, -0.1) is 0 Å². The molecule has 1 aromatic carbocycles. The van der Waals surface area contributed by atoms with Crippen molar-refractivity contribution in [3.63, 3.8) is 0 Å². The number of carbonyl (C=O) groups is 2. The van der Waals surface area contributed by atoms with Crippen LogP contribution in [0.5, 0.6) is 0 Å². The van der Waals surface area contributed by atoms with Crippen LogP contribution in [0.15, 0.2) is 24.3 Å². The Morgan fingerprint density at radius 2 is 1.52 bits per heavy atom. The number of aryl methyl sites for hydroxylation is 1. The highest BCUT2D eigenvalue weighted by Gasteiger charge is 2.24. The van der Waals surface area contributed by atoms with Gasteiger partial charge in [-0.1, -0.05) is 38.3 Å². The maximum absolute atomic E-state index is 12.4. The summed E-state index contributed by atoms with van der Waals surface area (Å²) in [5, 5.41) is 9.14. The second-order valence-electron chi connectivity index (χ2n) is 7.69. The molecule has 6 heteroatoms. The molecule has 0 spiro atoms. The maximum Gasteiger partial charge on any atom is 0.321 e. The van der Waals surface area contributed by atoms with Gasteiger partial charge < -0.3 is 20.9 Å². The predicted molar refractivity (Wildman–Crippen MR) is 108 cm³/mol. The Kier molecular flexibility index (Phi) is 6.96. The van der Waals surface area contributed by atoms with E-state index in [1.165, 1.54) is 24.8 Å². The van der Waals surface area contributed by atoms with E-state index in [4.69, 9.17) is 0 Å². The summed E-state index contributed by atoms with van der Waals surface area (Å²) in [7, 11) is 0. The first-order valence-corrected chi connectivity index (χ1v) is 10.4. The summed E-state index contributed by atoms with van der Waals surface area (Å²) in [6, 6.07) is 8.31. The Balaban J connectivity index is 1.38. The quantitative estimate of drug-likeness (QED) is 0.750. The molecule has 3 N–H and O–H groups in total. The van der Waals surface area contributed by atoms with Gasteiger partial charge in [0.25, 0.3) is 0 Å². The van der Waals surface area contributed by atoms with Gasteiger partial charge >= 0.3 is 12.1 Å². The smallest absolute Gasteiger partial charge is 0.321 e. The van der Waals surface area contributed by atoms with Crippen LogP contribution in [0.4, 0.5) is 15.3 Å². The summed E-state index contributed by atoms with van der Waals surface area (Å²) < 4.78 is 0. The number of likely N-dealkylation sites (tertiary alicyclic amines) is 1. The fourth-order valence-corrected chi connectivity index (χ4v) is 3.91. The summed E-state index contributed by atoms with van der Waals surface area (Å²) >= 11 is 0. The topological polar surface area (TPSA) is 73.5 Å². The zero-order valence-electron chi connectivity index (χ0n) is 16.3. The number of anilines is 1. The van der Waals surface area contributed by atoms with Crippen molar-refractivity contribution in [2.75, 3.05) is 18.4 Å². The molecule has 0 aromatic heterocycles. The molecule has 1 heterocycles. The molecule has 148 valence electrons. The largest absolute Gasteiger partial charge is 0.335 e. The third kappa shape index (κ3) is 5.88. The van der Waals surface area contributed by atoms with E-state index in [0.29, 0.717) is 19.1 Å². The number of piperidine rings is 1. The van der Waals surface area contributed by atoms with Crippen molar-refractivity contribution in [3.8, 4) is 0 Å². The fraction of sp³-hybridized carbons (Fsp3) is 0.619. The summed E-state index contributed by atoms with van der Waals surface area (Å²) in [4.78, 5) is 26.4. The van der Waals surface area contributed by atoms with Crippen molar-refractivity contribution in [2.45, 2.75) is 70.4 Å². The number of nitrogens with zero attached hydrogens (tertiary/aromatic N) is 1. The Morgan fingerprint density at radius 1 is 0.926 bits per heavy atom. The molecule has 0 bridgehead atoms. The standard InChI is InChI=1S/C21H32N4O2/c1-2-16-8-10-18(11-9-16)24-21(27)25-14-12-19(13-15-25)23-20(26)22-17-6-4-3-5-7-17/h8-11,17,19H,2-7,12-15H2,1H3,(H,24,27)(H2,22,23,26). The van der Waals surface area contributed by atoms with Crippen molar-refractivity contribution in [2.24, 2.45) is 0 Å². The lowest BCUT2D eigenvalue weighted by atomic mass is 9.96. The molecule has 1 aliphatic heterocycles. The number of hydrogen-bond acceptors (Lipinski definition) is 2. The van der Waals surface area contributed by atoms with Gasteiger partial charge in [0.2, 0.25) is 0 Å². The minimum Gasteiger partial charge on any atom is -0.335 e. The first kappa shape index (κ1) is 19.5. The van der Waals surface area contributed by atoms with Crippen molar-refractivity contribution in [1.29, 1.82) is 0 Å². The molecule has 4 amide bonds. The number of hydrogen-bond donors (Lipinski definition) is 3. The van der Waals surface area contributed by atoms with Gasteiger partial charge in [-0.05, 0) is 49.8 Å². The van der Waals surface area contributed by atoms with E-state index in [9.17, 15) is 9.59 Å². The zero-order valence-corrected chi connectivity index (χ0v) is 16.3. The number of rotatable bonds is 4. The Morgan fingerprint density at radius 3 is 2.11 bits per heavy atom. The van der Waals surface area contributed by atoms with Gasteiger partial charge in [0.05, 0.1) is 0 Å².